The molecule has 0 bridgehead atoms. The zero-order chi connectivity index (χ0) is 12.4. The summed E-state index contributed by atoms with van der Waals surface area (Å²) in [6.07, 6.45) is 1.72. The highest BCUT2D eigenvalue weighted by molar-refractivity contribution is 9.10. The van der Waals surface area contributed by atoms with Gasteiger partial charge in [0.25, 0.3) is 0 Å². The number of benzene rings is 1. The maximum Gasteiger partial charge on any atom is 0.147 e. The summed E-state index contributed by atoms with van der Waals surface area (Å²) in [5.41, 5.74) is 1.57. The summed E-state index contributed by atoms with van der Waals surface area (Å²) in [4.78, 5) is 6.00. The second kappa shape index (κ2) is 4.84. The van der Waals surface area contributed by atoms with Crippen LogP contribution < -0.4 is 4.90 Å². The van der Waals surface area contributed by atoms with Crippen LogP contribution in [-0.4, -0.2) is 12.0 Å². The molecule has 17 heavy (non-hydrogen) atoms. The summed E-state index contributed by atoms with van der Waals surface area (Å²) in [5, 5.41) is 0. The van der Waals surface area contributed by atoms with E-state index < -0.39 is 0 Å². The molecule has 0 saturated carbocycles. The molecule has 0 radical (unpaired) electrons. The number of hydrogen-bond donors (Lipinski definition) is 0. The van der Waals surface area contributed by atoms with Crippen LogP contribution in [0, 0.1) is 12.7 Å². The quantitative estimate of drug-likeness (QED) is 0.830. The number of para-hydroxylation sites is 1. The molecular weight excluding hydrogens is 283 g/mol. The molecule has 0 unspecified atom stereocenters. The van der Waals surface area contributed by atoms with Gasteiger partial charge in [0.05, 0.1) is 10.2 Å². The van der Waals surface area contributed by atoms with E-state index in [4.69, 9.17) is 0 Å². The van der Waals surface area contributed by atoms with E-state index >= 15 is 0 Å². The van der Waals surface area contributed by atoms with Gasteiger partial charge in [-0.1, -0.05) is 12.1 Å². The Bertz CT molecular complexity index is 543. The molecule has 1 aromatic carbocycles. The Morgan fingerprint density at radius 3 is 2.65 bits per heavy atom. The first-order valence-electron chi connectivity index (χ1n) is 5.20. The van der Waals surface area contributed by atoms with Crippen molar-refractivity contribution in [3.63, 3.8) is 0 Å². The van der Waals surface area contributed by atoms with Crippen LogP contribution in [0.4, 0.5) is 15.9 Å². The van der Waals surface area contributed by atoms with Gasteiger partial charge in [-0.3, -0.25) is 0 Å². The minimum absolute atomic E-state index is 0.259. The molecule has 0 aliphatic heterocycles. The predicted octanol–water partition coefficient (Wildman–Crippen LogP) is 4.06. The van der Waals surface area contributed by atoms with Gasteiger partial charge in [0.1, 0.15) is 11.6 Å². The molecule has 0 saturated heterocycles. The molecule has 4 heteroatoms. The van der Waals surface area contributed by atoms with Crippen molar-refractivity contribution in [2.24, 2.45) is 0 Å². The van der Waals surface area contributed by atoms with Gasteiger partial charge in [0.2, 0.25) is 0 Å². The van der Waals surface area contributed by atoms with Crippen molar-refractivity contribution >= 4 is 27.4 Å². The van der Waals surface area contributed by atoms with E-state index in [0.717, 1.165) is 10.0 Å². The van der Waals surface area contributed by atoms with E-state index in [1.807, 2.05) is 13.0 Å². The summed E-state index contributed by atoms with van der Waals surface area (Å²) in [5.74, 6) is 0.445. The number of rotatable bonds is 2. The smallest absolute Gasteiger partial charge is 0.147 e. The van der Waals surface area contributed by atoms with Gasteiger partial charge in [-0.2, -0.15) is 0 Å². The van der Waals surface area contributed by atoms with Gasteiger partial charge in [0.15, 0.2) is 0 Å². The molecule has 0 fully saturated rings. The molecule has 2 aromatic rings. The van der Waals surface area contributed by atoms with Crippen LogP contribution in [0.3, 0.4) is 0 Å². The number of anilines is 2. The first-order chi connectivity index (χ1) is 8.11. The Morgan fingerprint density at radius 2 is 1.94 bits per heavy atom. The Labute approximate surface area is 108 Å². The van der Waals surface area contributed by atoms with Crippen molar-refractivity contribution in [3.05, 3.63) is 52.4 Å². The van der Waals surface area contributed by atoms with Gasteiger partial charge in [0, 0.05) is 13.2 Å². The maximum absolute atomic E-state index is 13.7. The highest BCUT2D eigenvalue weighted by Crippen LogP contribution is 2.31. The molecule has 1 aromatic heterocycles. The molecule has 0 N–H and O–H groups in total. The van der Waals surface area contributed by atoms with Crippen LogP contribution in [0.25, 0.3) is 0 Å². The van der Waals surface area contributed by atoms with Crippen molar-refractivity contribution < 1.29 is 4.39 Å². The first kappa shape index (κ1) is 12.0. The Hall–Kier alpha value is -1.42. The minimum atomic E-state index is -0.259. The van der Waals surface area contributed by atoms with E-state index in [0.29, 0.717) is 11.5 Å². The van der Waals surface area contributed by atoms with Crippen molar-refractivity contribution in [2.75, 3.05) is 11.9 Å². The number of nitrogens with zero attached hydrogens (tertiary/aromatic N) is 2. The summed E-state index contributed by atoms with van der Waals surface area (Å²) in [6, 6.07) is 8.55. The molecule has 88 valence electrons. The fourth-order valence-electron chi connectivity index (χ4n) is 1.60. The second-order valence-electron chi connectivity index (χ2n) is 3.78. The van der Waals surface area contributed by atoms with Crippen LogP contribution in [0.5, 0.6) is 0 Å². The van der Waals surface area contributed by atoms with Crippen LogP contribution in [0.15, 0.2) is 41.0 Å². The Kier molecular flexibility index (Phi) is 3.43. The molecule has 2 rings (SSSR count). The third-order valence-corrected chi connectivity index (χ3v) is 3.58. The lowest BCUT2D eigenvalue weighted by molar-refractivity contribution is 0.627. The first-order valence-corrected chi connectivity index (χ1v) is 6.00. The standard InChI is InChI=1S/C13H12BrFN2/c1-9-7-8-16-13(12(9)14)17(2)11-6-4-3-5-10(11)15/h3-8H,1-2H3. The maximum atomic E-state index is 13.7. The zero-order valence-electron chi connectivity index (χ0n) is 9.61. The van der Waals surface area contributed by atoms with E-state index in [1.165, 1.54) is 6.07 Å². The average molecular weight is 295 g/mol. The topological polar surface area (TPSA) is 16.1 Å². The number of aromatic nitrogens is 1. The van der Waals surface area contributed by atoms with Gasteiger partial charge in [-0.25, -0.2) is 9.37 Å². The number of hydrogen-bond acceptors (Lipinski definition) is 2. The molecule has 0 aliphatic carbocycles. The molecule has 2 nitrogen and oxygen atoms in total. The van der Waals surface area contributed by atoms with Crippen LogP contribution in [0.2, 0.25) is 0 Å². The highest BCUT2D eigenvalue weighted by atomic mass is 79.9. The SMILES string of the molecule is Cc1ccnc(N(C)c2ccccc2F)c1Br. The summed E-state index contributed by atoms with van der Waals surface area (Å²) in [6.45, 7) is 1.98. The van der Waals surface area contributed by atoms with Crippen molar-refractivity contribution in [1.82, 2.24) is 4.98 Å². The van der Waals surface area contributed by atoms with Gasteiger partial charge in [-0.15, -0.1) is 0 Å². The van der Waals surface area contributed by atoms with Gasteiger partial charge < -0.3 is 4.90 Å². The predicted molar refractivity (Wildman–Crippen MR) is 71.1 cm³/mol. The summed E-state index contributed by atoms with van der Waals surface area (Å²) in [7, 11) is 1.80. The number of aryl methyl sites for hydroxylation is 1. The van der Waals surface area contributed by atoms with Crippen molar-refractivity contribution in [1.29, 1.82) is 0 Å². The summed E-state index contributed by atoms with van der Waals surface area (Å²) >= 11 is 3.48. The van der Waals surface area contributed by atoms with Gasteiger partial charge >= 0.3 is 0 Å². The lowest BCUT2D eigenvalue weighted by Crippen LogP contribution is -2.13. The van der Waals surface area contributed by atoms with Crippen molar-refractivity contribution in [3.8, 4) is 0 Å². The monoisotopic (exact) mass is 294 g/mol. The van der Waals surface area contributed by atoms with E-state index in [1.54, 1.807) is 36.3 Å². The van der Waals surface area contributed by atoms with Crippen molar-refractivity contribution in [2.45, 2.75) is 6.92 Å². The molecule has 1 heterocycles. The third-order valence-electron chi connectivity index (χ3n) is 2.60. The molecule has 0 amide bonds. The second-order valence-corrected chi connectivity index (χ2v) is 4.57. The third kappa shape index (κ3) is 2.31. The van der Waals surface area contributed by atoms with Crippen LogP contribution >= 0.6 is 15.9 Å². The fraction of sp³-hybridized carbons (Fsp3) is 0.154. The largest absolute Gasteiger partial charge is 0.326 e. The number of pyridine rings is 1. The van der Waals surface area contributed by atoms with Gasteiger partial charge in [-0.05, 0) is 46.6 Å². The minimum Gasteiger partial charge on any atom is -0.326 e. The summed E-state index contributed by atoms with van der Waals surface area (Å²) < 4.78 is 14.6. The highest BCUT2D eigenvalue weighted by Gasteiger charge is 2.13. The molecule has 0 atom stereocenters. The molecule has 0 spiro atoms. The molecule has 0 aliphatic rings. The zero-order valence-corrected chi connectivity index (χ0v) is 11.2. The lowest BCUT2D eigenvalue weighted by atomic mass is 10.2. The molecular formula is C13H12BrFN2. The normalized spacial score (nSPS) is 10.4. The van der Waals surface area contributed by atoms with Crippen LogP contribution in [0.1, 0.15) is 5.56 Å². The number of halogens is 2. The average Bonchev–Trinajstić information content (AvgIpc) is 2.32. The lowest BCUT2D eigenvalue weighted by Gasteiger charge is -2.20. The van der Waals surface area contributed by atoms with E-state index in [2.05, 4.69) is 20.9 Å². The fourth-order valence-corrected chi connectivity index (χ4v) is 2.10. The van der Waals surface area contributed by atoms with E-state index in [-0.39, 0.29) is 5.82 Å². The van der Waals surface area contributed by atoms with Crippen LogP contribution in [-0.2, 0) is 0 Å². The Morgan fingerprint density at radius 1 is 1.24 bits per heavy atom. The Balaban J connectivity index is 2.48. The van der Waals surface area contributed by atoms with E-state index in [9.17, 15) is 4.39 Å².